The number of carbonyl (C=O) groups is 3. The zero-order valence-electron chi connectivity index (χ0n) is 32.0. The molecule has 282 valence electrons. The van der Waals surface area contributed by atoms with Crippen LogP contribution in [0.3, 0.4) is 0 Å². The van der Waals surface area contributed by atoms with Gasteiger partial charge in [-0.15, -0.1) is 0 Å². The zero-order chi connectivity index (χ0) is 35.2. The van der Waals surface area contributed by atoms with Crippen LogP contribution in [0.1, 0.15) is 220 Å². The van der Waals surface area contributed by atoms with Gasteiger partial charge in [-0.1, -0.05) is 168 Å². The van der Waals surface area contributed by atoms with Crippen molar-refractivity contribution in [3.8, 4) is 0 Å². The minimum absolute atomic E-state index is 0.0698. The molecule has 0 aromatic heterocycles. The summed E-state index contributed by atoms with van der Waals surface area (Å²) in [4.78, 5) is 37.4. The molecule has 0 aliphatic heterocycles. The molecule has 6 heteroatoms. The fourth-order valence-electron chi connectivity index (χ4n) is 5.85. The normalized spacial score (nSPS) is 12.0. The maximum atomic E-state index is 12.6. The van der Waals surface area contributed by atoms with Gasteiger partial charge in [0.1, 0.15) is 13.2 Å². The molecule has 0 amide bonds. The summed E-state index contributed by atoms with van der Waals surface area (Å²) in [5.74, 6) is -0.886. The first kappa shape index (κ1) is 46.1. The van der Waals surface area contributed by atoms with Gasteiger partial charge in [-0.3, -0.25) is 14.4 Å². The van der Waals surface area contributed by atoms with Crippen LogP contribution in [0.5, 0.6) is 0 Å². The smallest absolute Gasteiger partial charge is 0.306 e. The van der Waals surface area contributed by atoms with Gasteiger partial charge in [0.15, 0.2) is 6.10 Å². The van der Waals surface area contributed by atoms with Gasteiger partial charge in [0.2, 0.25) is 0 Å². The highest BCUT2D eigenvalue weighted by Crippen LogP contribution is 2.13. The van der Waals surface area contributed by atoms with Crippen LogP contribution in [0.25, 0.3) is 0 Å². The summed E-state index contributed by atoms with van der Waals surface area (Å²) in [6.45, 7) is 6.55. The molecule has 0 fully saturated rings. The maximum Gasteiger partial charge on any atom is 0.306 e. The predicted molar refractivity (Wildman–Crippen MR) is 201 cm³/mol. The van der Waals surface area contributed by atoms with Crippen LogP contribution in [0, 0.1) is 0 Å². The molecule has 0 aliphatic carbocycles. The van der Waals surface area contributed by atoms with Crippen molar-refractivity contribution in [3.05, 3.63) is 12.2 Å². The van der Waals surface area contributed by atoms with E-state index in [1.165, 1.54) is 116 Å². The number of unbranched alkanes of at least 4 members (excludes halogenated alkanes) is 24. The third-order valence-electron chi connectivity index (χ3n) is 9.02. The zero-order valence-corrected chi connectivity index (χ0v) is 32.0. The SMILES string of the molecule is CCCCCCC/C=C\CCCCCCCC(=O)OCC(COC(=O)CCCCCCCCCC)OC(=O)CCCCCCCCCC. The number of rotatable bonds is 37. The molecule has 0 heterocycles. The largest absolute Gasteiger partial charge is 0.462 e. The lowest BCUT2D eigenvalue weighted by Crippen LogP contribution is -2.30. The van der Waals surface area contributed by atoms with Gasteiger partial charge in [0.25, 0.3) is 0 Å². The molecule has 0 saturated carbocycles. The molecule has 6 nitrogen and oxygen atoms in total. The Kier molecular flexibility index (Phi) is 36.5. The predicted octanol–water partition coefficient (Wildman–Crippen LogP) is 12.7. The first-order valence-corrected chi connectivity index (χ1v) is 20.7. The van der Waals surface area contributed by atoms with Crippen LogP contribution in [0.15, 0.2) is 12.2 Å². The van der Waals surface area contributed by atoms with Crippen LogP contribution in [-0.4, -0.2) is 37.2 Å². The Morgan fingerprint density at radius 3 is 1.04 bits per heavy atom. The second-order valence-electron chi connectivity index (χ2n) is 13.9. The molecule has 0 aromatic carbocycles. The molecular formula is C42H78O6. The Balaban J connectivity index is 4.30. The van der Waals surface area contributed by atoms with E-state index in [0.717, 1.165) is 64.2 Å². The number of hydrogen-bond donors (Lipinski definition) is 0. The Bertz CT molecular complexity index is 748. The van der Waals surface area contributed by atoms with E-state index in [1.54, 1.807) is 0 Å². The van der Waals surface area contributed by atoms with E-state index in [-0.39, 0.29) is 31.1 Å². The highest BCUT2D eigenvalue weighted by atomic mass is 16.6. The fourth-order valence-corrected chi connectivity index (χ4v) is 5.85. The molecule has 1 unspecified atom stereocenters. The van der Waals surface area contributed by atoms with Gasteiger partial charge in [-0.2, -0.15) is 0 Å². The molecule has 0 aromatic rings. The summed E-state index contributed by atoms with van der Waals surface area (Å²) in [5.41, 5.74) is 0. The Labute approximate surface area is 297 Å². The van der Waals surface area contributed by atoms with Crippen molar-refractivity contribution >= 4 is 17.9 Å². The lowest BCUT2D eigenvalue weighted by Gasteiger charge is -2.18. The summed E-state index contributed by atoms with van der Waals surface area (Å²) < 4.78 is 16.6. The lowest BCUT2D eigenvalue weighted by atomic mass is 10.1. The third-order valence-corrected chi connectivity index (χ3v) is 9.02. The first-order chi connectivity index (χ1) is 23.5. The molecule has 48 heavy (non-hydrogen) atoms. The number of allylic oxidation sites excluding steroid dienone is 2. The average molecular weight is 679 g/mol. The van der Waals surface area contributed by atoms with E-state index in [4.69, 9.17) is 14.2 Å². The Morgan fingerprint density at radius 2 is 0.688 bits per heavy atom. The first-order valence-electron chi connectivity index (χ1n) is 20.7. The van der Waals surface area contributed by atoms with Crippen molar-refractivity contribution in [1.82, 2.24) is 0 Å². The average Bonchev–Trinajstić information content (AvgIpc) is 3.08. The van der Waals surface area contributed by atoms with Gasteiger partial charge in [-0.05, 0) is 44.9 Å². The van der Waals surface area contributed by atoms with Crippen molar-refractivity contribution in [3.63, 3.8) is 0 Å². The number of hydrogen-bond acceptors (Lipinski definition) is 6. The monoisotopic (exact) mass is 679 g/mol. The minimum Gasteiger partial charge on any atom is -0.462 e. The van der Waals surface area contributed by atoms with E-state index in [2.05, 4.69) is 32.9 Å². The number of carbonyl (C=O) groups excluding carboxylic acids is 3. The summed E-state index contributed by atoms with van der Waals surface area (Å²) in [6.07, 6.45) is 37.7. The van der Waals surface area contributed by atoms with E-state index >= 15 is 0 Å². The highest BCUT2D eigenvalue weighted by molar-refractivity contribution is 5.71. The lowest BCUT2D eigenvalue weighted by molar-refractivity contribution is -0.167. The van der Waals surface area contributed by atoms with Crippen molar-refractivity contribution in [2.24, 2.45) is 0 Å². The van der Waals surface area contributed by atoms with E-state index in [1.807, 2.05) is 0 Å². The molecule has 0 saturated heterocycles. The topological polar surface area (TPSA) is 78.9 Å². The van der Waals surface area contributed by atoms with E-state index in [0.29, 0.717) is 19.3 Å². The van der Waals surface area contributed by atoms with Gasteiger partial charge < -0.3 is 14.2 Å². The molecule has 0 rings (SSSR count). The molecule has 0 aliphatic rings. The van der Waals surface area contributed by atoms with Crippen LogP contribution < -0.4 is 0 Å². The maximum absolute atomic E-state index is 12.6. The number of ether oxygens (including phenoxy) is 3. The molecule has 0 bridgehead atoms. The Hall–Kier alpha value is -1.85. The number of esters is 3. The summed E-state index contributed by atoms with van der Waals surface area (Å²) in [7, 11) is 0. The second-order valence-corrected chi connectivity index (χ2v) is 13.9. The van der Waals surface area contributed by atoms with Gasteiger partial charge >= 0.3 is 17.9 Å². The van der Waals surface area contributed by atoms with Crippen molar-refractivity contribution in [2.75, 3.05) is 13.2 Å². The van der Waals surface area contributed by atoms with Gasteiger partial charge in [0, 0.05) is 19.3 Å². The van der Waals surface area contributed by atoms with Crippen molar-refractivity contribution in [1.29, 1.82) is 0 Å². The summed E-state index contributed by atoms with van der Waals surface area (Å²) in [5, 5.41) is 0. The van der Waals surface area contributed by atoms with Crippen LogP contribution in [0.4, 0.5) is 0 Å². The quantitative estimate of drug-likeness (QED) is 0.0282. The van der Waals surface area contributed by atoms with Crippen LogP contribution in [0.2, 0.25) is 0 Å². The van der Waals surface area contributed by atoms with Crippen molar-refractivity contribution in [2.45, 2.75) is 226 Å². The minimum atomic E-state index is -0.762. The fraction of sp³-hybridized carbons (Fsp3) is 0.881. The third kappa shape index (κ3) is 35.5. The van der Waals surface area contributed by atoms with Crippen LogP contribution in [-0.2, 0) is 28.6 Å². The molecule has 0 N–H and O–H groups in total. The molecule has 0 spiro atoms. The van der Waals surface area contributed by atoms with Gasteiger partial charge in [0.05, 0.1) is 0 Å². The van der Waals surface area contributed by atoms with E-state index < -0.39 is 6.10 Å². The summed E-state index contributed by atoms with van der Waals surface area (Å²) >= 11 is 0. The summed E-state index contributed by atoms with van der Waals surface area (Å²) in [6, 6.07) is 0. The van der Waals surface area contributed by atoms with E-state index in [9.17, 15) is 14.4 Å². The Morgan fingerprint density at radius 1 is 0.396 bits per heavy atom. The molecular weight excluding hydrogens is 600 g/mol. The van der Waals surface area contributed by atoms with Gasteiger partial charge in [-0.25, -0.2) is 0 Å². The second kappa shape index (κ2) is 38.0. The van der Waals surface area contributed by atoms with Crippen LogP contribution >= 0.6 is 0 Å². The highest BCUT2D eigenvalue weighted by Gasteiger charge is 2.19. The standard InChI is InChI=1S/C42H78O6/c1-4-7-10-13-16-19-20-21-22-23-24-27-29-32-35-41(44)47-38-39(48-42(45)36-33-30-26-18-15-12-9-6-3)37-46-40(43)34-31-28-25-17-14-11-8-5-2/h20-21,39H,4-19,22-38H2,1-3H3/b21-20-. The molecule has 0 radical (unpaired) electrons. The molecule has 1 atom stereocenters. The van der Waals surface area contributed by atoms with Crippen molar-refractivity contribution < 1.29 is 28.6 Å².